The third-order valence-electron chi connectivity index (χ3n) is 5.43. The molecule has 0 saturated carbocycles. The molecule has 0 radical (unpaired) electrons. The highest BCUT2D eigenvalue weighted by Gasteiger charge is 2.39. The standard InChI is InChI=1S/C22H25F3N4O3/c1-2-19(31)28-12-10-15(13-28)18(30)9-6-11-26-21(32)17-14-29(16-7-4-3-5-8-16)27-20(17)22(23,24)25/h3-5,7-8,14-15H,2,6,9-13H2,1H3,(H,26,32). The fourth-order valence-electron chi connectivity index (χ4n) is 3.70. The highest BCUT2D eigenvalue weighted by atomic mass is 19.4. The van der Waals surface area contributed by atoms with E-state index in [0.29, 0.717) is 38.0 Å². The molecule has 0 aliphatic carbocycles. The third kappa shape index (κ3) is 5.54. The first-order valence-corrected chi connectivity index (χ1v) is 10.5. The number of hydrogen-bond acceptors (Lipinski definition) is 4. The molecule has 0 bridgehead atoms. The van der Waals surface area contributed by atoms with Crippen LogP contribution in [0.4, 0.5) is 13.2 Å². The molecule has 3 rings (SSSR count). The molecule has 1 N–H and O–H groups in total. The molecule has 10 heteroatoms. The van der Waals surface area contributed by atoms with Crippen LogP contribution < -0.4 is 5.32 Å². The molecule has 1 aromatic heterocycles. The van der Waals surface area contributed by atoms with Crippen molar-refractivity contribution in [3.63, 3.8) is 0 Å². The van der Waals surface area contributed by atoms with E-state index in [1.807, 2.05) is 0 Å². The summed E-state index contributed by atoms with van der Waals surface area (Å²) in [5, 5.41) is 6.00. The van der Waals surface area contributed by atoms with Gasteiger partial charge in [-0.25, -0.2) is 4.68 Å². The first-order valence-electron chi connectivity index (χ1n) is 10.5. The van der Waals surface area contributed by atoms with Crippen LogP contribution in [0.2, 0.25) is 0 Å². The van der Waals surface area contributed by atoms with Crippen LogP contribution in [0.15, 0.2) is 36.5 Å². The fourth-order valence-corrected chi connectivity index (χ4v) is 3.70. The molecule has 1 aromatic carbocycles. The smallest absolute Gasteiger partial charge is 0.352 e. The van der Waals surface area contributed by atoms with Gasteiger partial charge in [-0.15, -0.1) is 0 Å². The quantitative estimate of drug-likeness (QED) is 0.626. The van der Waals surface area contributed by atoms with E-state index < -0.39 is 23.3 Å². The van der Waals surface area contributed by atoms with Crippen molar-refractivity contribution in [2.45, 2.75) is 38.8 Å². The van der Waals surface area contributed by atoms with E-state index in [0.717, 1.165) is 10.9 Å². The van der Waals surface area contributed by atoms with Crippen LogP contribution in [0.1, 0.15) is 48.7 Å². The topological polar surface area (TPSA) is 84.3 Å². The first kappa shape index (κ1) is 23.5. The van der Waals surface area contributed by atoms with E-state index in [-0.39, 0.29) is 30.6 Å². The minimum atomic E-state index is -4.78. The molecule has 1 aliphatic rings. The summed E-state index contributed by atoms with van der Waals surface area (Å²) in [5.74, 6) is -1.10. The summed E-state index contributed by atoms with van der Waals surface area (Å²) < 4.78 is 41.2. The number of amides is 2. The summed E-state index contributed by atoms with van der Waals surface area (Å²) in [4.78, 5) is 38.2. The maximum Gasteiger partial charge on any atom is 0.435 e. The highest BCUT2D eigenvalue weighted by molar-refractivity contribution is 5.95. The zero-order valence-electron chi connectivity index (χ0n) is 17.7. The van der Waals surface area contributed by atoms with Crippen molar-refractivity contribution in [2.75, 3.05) is 19.6 Å². The van der Waals surface area contributed by atoms with Gasteiger partial charge in [0.2, 0.25) is 5.91 Å². The Labute approximate surface area is 183 Å². The second-order valence-electron chi connectivity index (χ2n) is 7.67. The van der Waals surface area contributed by atoms with Crippen LogP contribution in [0.3, 0.4) is 0 Å². The van der Waals surface area contributed by atoms with Crippen molar-refractivity contribution < 1.29 is 27.6 Å². The van der Waals surface area contributed by atoms with Gasteiger partial charge in [-0.2, -0.15) is 18.3 Å². The van der Waals surface area contributed by atoms with Gasteiger partial charge in [0.15, 0.2) is 5.69 Å². The lowest BCUT2D eigenvalue weighted by Gasteiger charge is -2.15. The molecule has 32 heavy (non-hydrogen) atoms. The Kier molecular flexibility index (Phi) is 7.32. The number of nitrogens with zero attached hydrogens (tertiary/aromatic N) is 3. The summed E-state index contributed by atoms with van der Waals surface area (Å²) in [6.07, 6.45) is -2.23. The van der Waals surface area contributed by atoms with E-state index in [4.69, 9.17) is 0 Å². The van der Waals surface area contributed by atoms with Gasteiger partial charge >= 0.3 is 6.18 Å². The number of alkyl halides is 3. The van der Waals surface area contributed by atoms with Crippen molar-refractivity contribution in [1.82, 2.24) is 20.0 Å². The lowest BCUT2D eigenvalue weighted by molar-refractivity contribution is -0.141. The minimum Gasteiger partial charge on any atom is -0.352 e. The monoisotopic (exact) mass is 450 g/mol. The number of carbonyl (C=O) groups excluding carboxylic acids is 3. The highest BCUT2D eigenvalue weighted by Crippen LogP contribution is 2.31. The number of nitrogens with one attached hydrogen (secondary N) is 1. The van der Waals surface area contributed by atoms with Crippen LogP contribution in [-0.2, 0) is 15.8 Å². The van der Waals surface area contributed by atoms with Gasteiger partial charge < -0.3 is 10.2 Å². The summed E-state index contributed by atoms with van der Waals surface area (Å²) >= 11 is 0. The number of aromatic nitrogens is 2. The zero-order chi connectivity index (χ0) is 23.3. The molecule has 1 saturated heterocycles. The van der Waals surface area contributed by atoms with Gasteiger partial charge in [0.25, 0.3) is 5.91 Å². The Hall–Kier alpha value is -3.17. The Balaban J connectivity index is 1.55. The number of hydrogen-bond donors (Lipinski definition) is 1. The number of benzene rings is 1. The average molecular weight is 450 g/mol. The third-order valence-corrected chi connectivity index (χ3v) is 5.43. The van der Waals surface area contributed by atoms with Crippen LogP contribution in [0.5, 0.6) is 0 Å². The second-order valence-corrected chi connectivity index (χ2v) is 7.67. The maximum absolute atomic E-state index is 13.4. The predicted octanol–water partition coefficient (Wildman–Crippen LogP) is 3.23. The van der Waals surface area contributed by atoms with E-state index in [2.05, 4.69) is 10.4 Å². The molecular formula is C22H25F3N4O3. The summed E-state index contributed by atoms with van der Waals surface area (Å²) in [6.45, 7) is 2.80. The van der Waals surface area contributed by atoms with Crippen molar-refractivity contribution >= 4 is 17.6 Å². The molecule has 2 heterocycles. The van der Waals surface area contributed by atoms with Gasteiger partial charge in [-0.1, -0.05) is 25.1 Å². The molecule has 1 fully saturated rings. The van der Waals surface area contributed by atoms with Gasteiger partial charge in [0, 0.05) is 44.6 Å². The average Bonchev–Trinajstić information content (AvgIpc) is 3.44. The number of Topliss-reactive ketones (excluding diaryl/α,β-unsaturated/α-hetero) is 1. The Bertz CT molecular complexity index is 973. The number of carbonyl (C=O) groups is 3. The molecule has 0 spiro atoms. The molecule has 1 unspecified atom stereocenters. The van der Waals surface area contributed by atoms with Crippen LogP contribution in [0, 0.1) is 5.92 Å². The van der Waals surface area contributed by atoms with Crippen LogP contribution >= 0.6 is 0 Å². The fraction of sp³-hybridized carbons (Fsp3) is 0.455. The SMILES string of the molecule is CCC(=O)N1CCC(C(=O)CCCNC(=O)c2cn(-c3ccccc3)nc2C(F)(F)F)C1. The van der Waals surface area contributed by atoms with Crippen molar-refractivity contribution in [3.8, 4) is 5.69 Å². The summed E-state index contributed by atoms with van der Waals surface area (Å²) in [7, 11) is 0. The molecular weight excluding hydrogens is 425 g/mol. The molecule has 2 amide bonds. The number of ketones is 1. The molecule has 7 nitrogen and oxygen atoms in total. The molecule has 1 atom stereocenters. The Morgan fingerprint density at radius 2 is 1.91 bits per heavy atom. The first-order chi connectivity index (χ1) is 15.2. The number of para-hydroxylation sites is 1. The Morgan fingerprint density at radius 3 is 2.56 bits per heavy atom. The maximum atomic E-state index is 13.4. The van der Waals surface area contributed by atoms with E-state index in [1.165, 1.54) is 0 Å². The van der Waals surface area contributed by atoms with E-state index >= 15 is 0 Å². The lowest BCUT2D eigenvalue weighted by Crippen LogP contribution is -2.29. The number of rotatable bonds is 8. The van der Waals surface area contributed by atoms with E-state index in [1.54, 1.807) is 42.2 Å². The van der Waals surface area contributed by atoms with Gasteiger partial charge in [-0.3, -0.25) is 14.4 Å². The molecule has 1 aliphatic heterocycles. The Morgan fingerprint density at radius 1 is 1.19 bits per heavy atom. The predicted molar refractivity (Wildman–Crippen MR) is 110 cm³/mol. The second kappa shape index (κ2) is 9.97. The minimum absolute atomic E-state index is 0.00136. The largest absolute Gasteiger partial charge is 0.435 e. The van der Waals surface area contributed by atoms with Gasteiger partial charge in [0.05, 0.1) is 11.3 Å². The normalized spacial score (nSPS) is 16.2. The van der Waals surface area contributed by atoms with Crippen LogP contribution in [0.25, 0.3) is 5.69 Å². The van der Waals surface area contributed by atoms with Crippen molar-refractivity contribution in [2.24, 2.45) is 5.92 Å². The van der Waals surface area contributed by atoms with Gasteiger partial charge in [-0.05, 0) is 25.0 Å². The lowest BCUT2D eigenvalue weighted by atomic mass is 9.99. The zero-order valence-corrected chi connectivity index (χ0v) is 17.7. The van der Waals surface area contributed by atoms with Gasteiger partial charge in [0.1, 0.15) is 5.78 Å². The van der Waals surface area contributed by atoms with Crippen LogP contribution in [-0.4, -0.2) is 51.9 Å². The van der Waals surface area contributed by atoms with Crippen molar-refractivity contribution in [1.29, 1.82) is 0 Å². The molecule has 172 valence electrons. The van der Waals surface area contributed by atoms with E-state index in [9.17, 15) is 27.6 Å². The molecule has 2 aromatic rings. The summed E-state index contributed by atoms with van der Waals surface area (Å²) in [6, 6.07) is 8.19. The summed E-state index contributed by atoms with van der Waals surface area (Å²) in [5.41, 5.74) is -1.44. The number of halogens is 3. The van der Waals surface area contributed by atoms with Crippen molar-refractivity contribution in [3.05, 3.63) is 47.8 Å². The number of likely N-dealkylation sites (tertiary alicyclic amines) is 1.